The zero-order valence-electron chi connectivity index (χ0n) is 13.7. The van der Waals surface area contributed by atoms with Crippen molar-refractivity contribution in [3.63, 3.8) is 0 Å². The summed E-state index contributed by atoms with van der Waals surface area (Å²) < 4.78 is 5.50. The lowest BCUT2D eigenvalue weighted by atomic mass is 10.1. The van der Waals surface area contributed by atoms with Gasteiger partial charge in [0.1, 0.15) is 17.6 Å². The van der Waals surface area contributed by atoms with Crippen LogP contribution in [0, 0.1) is 0 Å². The van der Waals surface area contributed by atoms with Gasteiger partial charge in [0.25, 0.3) is 5.91 Å². The van der Waals surface area contributed by atoms with Gasteiger partial charge in [-0.15, -0.1) is 0 Å². The van der Waals surface area contributed by atoms with E-state index >= 15 is 0 Å². The Hall–Kier alpha value is -2.48. The number of nitrogens with one attached hydrogen (secondary N) is 2. The molecule has 24 heavy (non-hydrogen) atoms. The molecule has 0 aliphatic heterocycles. The fourth-order valence-corrected chi connectivity index (χ4v) is 2.09. The van der Waals surface area contributed by atoms with E-state index < -0.39 is 17.9 Å². The Labute approximate surface area is 145 Å². The van der Waals surface area contributed by atoms with E-state index in [4.69, 9.17) is 27.3 Å². The second kappa shape index (κ2) is 8.97. The number of carbonyl (C=O) groups excluding carboxylic acids is 2. The Morgan fingerprint density at radius 2 is 2.08 bits per heavy atom. The summed E-state index contributed by atoms with van der Waals surface area (Å²) in [7, 11) is 1.42. The molecule has 1 aromatic carbocycles. The molecule has 1 rings (SSSR count). The lowest BCUT2D eigenvalue weighted by Gasteiger charge is -2.17. The minimum Gasteiger partial charge on any atom is -0.489 e. The Kier molecular flexibility index (Phi) is 7.31. The van der Waals surface area contributed by atoms with E-state index in [0.29, 0.717) is 5.75 Å². The van der Waals surface area contributed by atoms with Crippen molar-refractivity contribution in [2.24, 2.45) is 10.9 Å². The molecule has 0 heterocycles. The van der Waals surface area contributed by atoms with Crippen molar-refractivity contribution < 1.29 is 19.5 Å². The molecule has 132 valence electrons. The number of amides is 2. The molecule has 0 aliphatic rings. The highest BCUT2D eigenvalue weighted by molar-refractivity contribution is 6.32. The standard InChI is InChI=1S/C15H21ClN4O4/c1-8(2)24-12-5-4-9(6-10(12)16)14(21)19-11(15(22)18-3)7-13(17)20-23/h4-6,8,11,23H,7H2,1-3H3,(H2,17,20)(H,18,22)(H,19,21)/t11-/m0/s1. The molecule has 0 bridgehead atoms. The first-order valence-electron chi connectivity index (χ1n) is 7.23. The van der Waals surface area contributed by atoms with Crippen LogP contribution in [0.3, 0.4) is 0 Å². The van der Waals surface area contributed by atoms with Gasteiger partial charge >= 0.3 is 0 Å². The molecule has 9 heteroatoms. The molecule has 0 fully saturated rings. The van der Waals surface area contributed by atoms with E-state index in [0.717, 1.165) is 0 Å². The quantitative estimate of drug-likeness (QED) is 0.252. The normalized spacial score (nSPS) is 12.6. The molecular weight excluding hydrogens is 336 g/mol. The SMILES string of the molecule is CNC(=O)[C@H](C/C(N)=N/O)NC(=O)c1ccc(OC(C)C)c(Cl)c1. The monoisotopic (exact) mass is 356 g/mol. The lowest BCUT2D eigenvalue weighted by Crippen LogP contribution is -2.47. The Morgan fingerprint density at radius 3 is 2.58 bits per heavy atom. The summed E-state index contributed by atoms with van der Waals surface area (Å²) in [6.45, 7) is 3.72. The maximum absolute atomic E-state index is 12.3. The predicted molar refractivity (Wildman–Crippen MR) is 90.6 cm³/mol. The summed E-state index contributed by atoms with van der Waals surface area (Å²) in [6.07, 6.45) is -0.190. The third-order valence-electron chi connectivity index (χ3n) is 2.97. The molecule has 5 N–H and O–H groups in total. The van der Waals surface area contributed by atoms with Crippen molar-refractivity contribution in [1.82, 2.24) is 10.6 Å². The van der Waals surface area contributed by atoms with Crippen molar-refractivity contribution in [2.45, 2.75) is 32.4 Å². The minimum atomic E-state index is -0.983. The average molecular weight is 357 g/mol. The van der Waals surface area contributed by atoms with Gasteiger partial charge in [-0.3, -0.25) is 9.59 Å². The van der Waals surface area contributed by atoms with E-state index in [1.807, 2.05) is 13.8 Å². The van der Waals surface area contributed by atoms with E-state index in [-0.39, 0.29) is 28.9 Å². The number of carbonyl (C=O) groups is 2. The van der Waals surface area contributed by atoms with E-state index in [9.17, 15) is 9.59 Å². The number of likely N-dealkylation sites (N-methyl/N-ethyl adjacent to an activating group) is 1. The van der Waals surface area contributed by atoms with Crippen molar-refractivity contribution in [3.05, 3.63) is 28.8 Å². The number of ether oxygens (including phenoxy) is 1. The Bertz CT molecular complexity index is 634. The Morgan fingerprint density at radius 1 is 1.42 bits per heavy atom. The van der Waals surface area contributed by atoms with Crippen LogP contribution in [0.5, 0.6) is 5.75 Å². The van der Waals surface area contributed by atoms with Gasteiger partial charge in [0.15, 0.2) is 0 Å². The number of hydrogen-bond donors (Lipinski definition) is 4. The average Bonchev–Trinajstić information content (AvgIpc) is 2.54. The highest BCUT2D eigenvalue weighted by Gasteiger charge is 2.22. The van der Waals surface area contributed by atoms with Gasteiger partial charge in [-0.1, -0.05) is 16.8 Å². The van der Waals surface area contributed by atoms with E-state index in [1.165, 1.54) is 19.2 Å². The molecule has 0 aromatic heterocycles. The molecular formula is C15H21ClN4O4. The highest BCUT2D eigenvalue weighted by atomic mass is 35.5. The zero-order valence-corrected chi connectivity index (χ0v) is 14.4. The fraction of sp³-hybridized carbons (Fsp3) is 0.400. The van der Waals surface area contributed by atoms with Gasteiger partial charge in [0.2, 0.25) is 5.91 Å². The van der Waals surface area contributed by atoms with E-state index in [2.05, 4.69) is 15.8 Å². The third-order valence-corrected chi connectivity index (χ3v) is 3.26. The van der Waals surface area contributed by atoms with Gasteiger partial charge in [-0.05, 0) is 32.0 Å². The third kappa shape index (κ3) is 5.62. The largest absolute Gasteiger partial charge is 0.489 e. The number of halogens is 1. The summed E-state index contributed by atoms with van der Waals surface area (Å²) in [5.41, 5.74) is 5.66. The second-order valence-corrected chi connectivity index (χ2v) is 5.65. The molecule has 2 amide bonds. The predicted octanol–water partition coefficient (Wildman–Crippen LogP) is 1.11. The molecule has 0 aliphatic carbocycles. The summed E-state index contributed by atoms with van der Waals surface area (Å²) in [4.78, 5) is 24.1. The summed E-state index contributed by atoms with van der Waals surface area (Å²) in [5, 5.41) is 16.6. The van der Waals surface area contributed by atoms with Gasteiger partial charge in [-0.25, -0.2) is 0 Å². The smallest absolute Gasteiger partial charge is 0.251 e. The first-order valence-corrected chi connectivity index (χ1v) is 7.61. The molecule has 1 aromatic rings. The van der Waals surface area contributed by atoms with Gasteiger partial charge < -0.3 is 26.3 Å². The van der Waals surface area contributed by atoms with Crippen molar-refractivity contribution in [1.29, 1.82) is 0 Å². The van der Waals surface area contributed by atoms with E-state index in [1.54, 1.807) is 6.07 Å². The number of nitrogens with zero attached hydrogens (tertiary/aromatic N) is 1. The van der Waals surface area contributed by atoms with Gasteiger partial charge in [0.05, 0.1) is 11.1 Å². The summed E-state index contributed by atoms with van der Waals surface area (Å²) in [6, 6.07) is 3.57. The Balaban J connectivity index is 2.91. The van der Waals surface area contributed by atoms with Crippen LogP contribution in [-0.2, 0) is 4.79 Å². The zero-order chi connectivity index (χ0) is 18.3. The van der Waals surface area contributed by atoms with Gasteiger partial charge in [-0.2, -0.15) is 0 Å². The molecule has 0 saturated heterocycles. The van der Waals surface area contributed by atoms with Crippen LogP contribution >= 0.6 is 11.6 Å². The molecule has 0 radical (unpaired) electrons. The number of rotatable bonds is 7. The topological polar surface area (TPSA) is 126 Å². The maximum Gasteiger partial charge on any atom is 0.251 e. The number of benzene rings is 1. The first kappa shape index (κ1) is 19.6. The molecule has 0 unspecified atom stereocenters. The molecule has 1 atom stereocenters. The van der Waals surface area contributed by atoms with Crippen molar-refractivity contribution in [3.8, 4) is 5.75 Å². The lowest BCUT2D eigenvalue weighted by molar-refractivity contribution is -0.122. The fourth-order valence-electron chi connectivity index (χ4n) is 1.87. The number of hydrogen-bond acceptors (Lipinski definition) is 5. The van der Waals surface area contributed by atoms with Crippen LogP contribution in [-0.4, -0.2) is 42.1 Å². The minimum absolute atomic E-state index is 0.0550. The summed E-state index contributed by atoms with van der Waals surface area (Å²) >= 11 is 6.09. The molecule has 0 saturated carbocycles. The van der Waals surface area contributed by atoms with Crippen molar-refractivity contribution in [2.75, 3.05) is 7.05 Å². The summed E-state index contributed by atoms with van der Waals surface area (Å²) in [5.74, 6) is -0.710. The number of nitrogens with two attached hydrogens (primary N) is 1. The second-order valence-electron chi connectivity index (χ2n) is 5.25. The van der Waals surface area contributed by atoms with Crippen molar-refractivity contribution >= 4 is 29.3 Å². The number of oxime groups is 1. The van der Waals surface area contributed by atoms with Crippen LogP contribution in [0.4, 0.5) is 0 Å². The number of amidine groups is 1. The highest BCUT2D eigenvalue weighted by Crippen LogP contribution is 2.26. The van der Waals surface area contributed by atoms with Gasteiger partial charge in [0, 0.05) is 19.0 Å². The van der Waals surface area contributed by atoms with Crippen LogP contribution in [0.1, 0.15) is 30.6 Å². The van der Waals surface area contributed by atoms with Crippen LogP contribution < -0.4 is 21.1 Å². The molecule has 0 spiro atoms. The van der Waals surface area contributed by atoms with Crippen LogP contribution in [0.25, 0.3) is 0 Å². The first-order chi connectivity index (χ1) is 11.3. The van der Waals surface area contributed by atoms with Crippen LogP contribution in [0.2, 0.25) is 5.02 Å². The van der Waals surface area contributed by atoms with Crippen LogP contribution in [0.15, 0.2) is 23.4 Å². The molecule has 8 nitrogen and oxygen atoms in total. The maximum atomic E-state index is 12.3.